The van der Waals surface area contributed by atoms with Crippen LogP contribution in [0.4, 0.5) is 14.5 Å². The van der Waals surface area contributed by atoms with E-state index in [9.17, 15) is 8.78 Å². The Morgan fingerprint density at radius 3 is 2.53 bits per heavy atom. The summed E-state index contributed by atoms with van der Waals surface area (Å²) < 4.78 is 33.3. The second-order valence-corrected chi connectivity index (χ2v) is 4.94. The molecule has 1 heterocycles. The van der Waals surface area contributed by atoms with Crippen molar-refractivity contribution < 1.29 is 18.6 Å². The van der Waals surface area contributed by atoms with Crippen LogP contribution in [0, 0.1) is 11.6 Å². The molecule has 0 aliphatic carbocycles. The molecule has 1 fully saturated rings. The lowest BCUT2D eigenvalue weighted by molar-refractivity contribution is 0.0215. The summed E-state index contributed by atoms with van der Waals surface area (Å²) in [5, 5.41) is 8.91. The lowest BCUT2D eigenvalue weighted by Gasteiger charge is -2.29. The number of rotatable bonds is 4. The standard InChI is InChI=1S/C14H19F2NO2/c1-17(8-11-4-2-3-5-19-11)14-12(15)6-10(9-18)7-13(14)16/h6-7,11,18H,2-5,8-9H2,1H3. The highest BCUT2D eigenvalue weighted by molar-refractivity contribution is 5.50. The third-order valence-electron chi connectivity index (χ3n) is 3.39. The second-order valence-electron chi connectivity index (χ2n) is 4.94. The van der Waals surface area contributed by atoms with E-state index in [-0.39, 0.29) is 24.0 Å². The van der Waals surface area contributed by atoms with E-state index in [1.54, 1.807) is 11.9 Å². The van der Waals surface area contributed by atoms with Gasteiger partial charge < -0.3 is 14.7 Å². The van der Waals surface area contributed by atoms with Gasteiger partial charge in [-0.2, -0.15) is 0 Å². The van der Waals surface area contributed by atoms with E-state index in [0.29, 0.717) is 13.2 Å². The smallest absolute Gasteiger partial charge is 0.149 e. The average Bonchev–Trinajstić information content (AvgIpc) is 2.38. The molecule has 0 amide bonds. The number of ether oxygens (including phenoxy) is 1. The molecule has 0 radical (unpaired) electrons. The zero-order valence-electron chi connectivity index (χ0n) is 11.0. The number of benzene rings is 1. The van der Waals surface area contributed by atoms with Gasteiger partial charge in [0.2, 0.25) is 0 Å². The van der Waals surface area contributed by atoms with Crippen LogP contribution >= 0.6 is 0 Å². The first kappa shape index (κ1) is 14.2. The van der Waals surface area contributed by atoms with E-state index in [1.807, 2.05) is 0 Å². The molecule has 1 aromatic carbocycles. The van der Waals surface area contributed by atoms with Gasteiger partial charge in [-0.25, -0.2) is 8.78 Å². The highest BCUT2D eigenvalue weighted by Gasteiger charge is 2.20. The maximum Gasteiger partial charge on any atom is 0.149 e. The van der Waals surface area contributed by atoms with Crippen molar-refractivity contribution in [2.75, 3.05) is 25.1 Å². The SMILES string of the molecule is CN(CC1CCCCO1)c1c(F)cc(CO)cc1F. The predicted molar refractivity (Wildman–Crippen MR) is 69.1 cm³/mol. The van der Waals surface area contributed by atoms with Crippen LogP contribution in [-0.2, 0) is 11.3 Å². The maximum atomic E-state index is 13.9. The van der Waals surface area contributed by atoms with Crippen molar-refractivity contribution in [3.05, 3.63) is 29.3 Å². The Morgan fingerprint density at radius 1 is 1.32 bits per heavy atom. The molecule has 1 saturated heterocycles. The molecule has 1 atom stereocenters. The van der Waals surface area contributed by atoms with E-state index < -0.39 is 11.6 Å². The van der Waals surface area contributed by atoms with Gasteiger partial charge in [0, 0.05) is 20.2 Å². The Bertz CT molecular complexity index is 410. The minimum atomic E-state index is -0.651. The van der Waals surface area contributed by atoms with Crippen molar-refractivity contribution in [2.24, 2.45) is 0 Å². The lowest BCUT2D eigenvalue weighted by Crippen LogP contribution is -2.34. The van der Waals surface area contributed by atoms with Crippen LogP contribution in [0.15, 0.2) is 12.1 Å². The number of anilines is 1. The quantitative estimate of drug-likeness (QED) is 0.913. The Balaban J connectivity index is 2.11. The van der Waals surface area contributed by atoms with Crippen LogP contribution in [0.25, 0.3) is 0 Å². The highest BCUT2D eigenvalue weighted by atomic mass is 19.1. The van der Waals surface area contributed by atoms with Crippen LogP contribution in [0.3, 0.4) is 0 Å². The Morgan fingerprint density at radius 2 is 2.00 bits per heavy atom. The van der Waals surface area contributed by atoms with Crippen LogP contribution in [0.5, 0.6) is 0 Å². The molecule has 0 spiro atoms. The summed E-state index contributed by atoms with van der Waals surface area (Å²) in [6.45, 7) is 0.808. The van der Waals surface area contributed by atoms with Gasteiger partial charge in [-0.1, -0.05) is 0 Å². The molecule has 1 N–H and O–H groups in total. The van der Waals surface area contributed by atoms with E-state index in [4.69, 9.17) is 9.84 Å². The third kappa shape index (κ3) is 3.42. The molecular weight excluding hydrogens is 252 g/mol. The molecular formula is C14H19F2NO2. The fraction of sp³-hybridized carbons (Fsp3) is 0.571. The van der Waals surface area contributed by atoms with Gasteiger partial charge in [0.1, 0.15) is 17.3 Å². The summed E-state index contributed by atoms with van der Waals surface area (Å²) in [5.41, 5.74) is 0.174. The van der Waals surface area contributed by atoms with Crippen LogP contribution in [0.1, 0.15) is 24.8 Å². The average molecular weight is 271 g/mol. The van der Waals surface area contributed by atoms with Gasteiger partial charge in [-0.05, 0) is 37.0 Å². The molecule has 3 nitrogen and oxygen atoms in total. The summed E-state index contributed by atoms with van der Waals surface area (Å²) in [4.78, 5) is 1.54. The molecule has 5 heteroatoms. The Labute approximate surface area is 111 Å². The maximum absolute atomic E-state index is 13.9. The Hall–Kier alpha value is -1.20. The van der Waals surface area contributed by atoms with Crippen LogP contribution < -0.4 is 4.90 Å². The molecule has 2 rings (SSSR count). The zero-order valence-corrected chi connectivity index (χ0v) is 11.0. The Kier molecular flexibility index (Phi) is 4.71. The third-order valence-corrected chi connectivity index (χ3v) is 3.39. The molecule has 0 bridgehead atoms. The fourth-order valence-electron chi connectivity index (χ4n) is 2.42. The van der Waals surface area contributed by atoms with Crippen LogP contribution in [0.2, 0.25) is 0 Å². The van der Waals surface area contributed by atoms with Crippen molar-refractivity contribution >= 4 is 5.69 Å². The van der Waals surface area contributed by atoms with Crippen molar-refractivity contribution in [2.45, 2.75) is 32.0 Å². The number of halogens is 2. The predicted octanol–water partition coefficient (Wildman–Crippen LogP) is 2.46. The van der Waals surface area contributed by atoms with E-state index in [0.717, 1.165) is 31.4 Å². The van der Waals surface area contributed by atoms with Crippen LogP contribution in [-0.4, -0.2) is 31.4 Å². The number of nitrogens with zero attached hydrogens (tertiary/aromatic N) is 1. The van der Waals surface area contributed by atoms with E-state index >= 15 is 0 Å². The fourth-order valence-corrected chi connectivity index (χ4v) is 2.42. The highest BCUT2D eigenvalue weighted by Crippen LogP contribution is 2.25. The number of hydrogen-bond donors (Lipinski definition) is 1. The van der Waals surface area contributed by atoms with Crippen molar-refractivity contribution in [3.8, 4) is 0 Å². The first-order valence-corrected chi connectivity index (χ1v) is 6.53. The topological polar surface area (TPSA) is 32.7 Å². The molecule has 1 aliphatic rings. The molecule has 19 heavy (non-hydrogen) atoms. The second kappa shape index (κ2) is 6.30. The van der Waals surface area contributed by atoms with Crippen molar-refractivity contribution in [3.63, 3.8) is 0 Å². The van der Waals surface area contributed by atoms with Gasteiger partial charge in [0.05, 0.1) is 12.7 Å². The first-order valence-electron chi connectivity index (χ1n) is 6.53. The monoisotopic (exact) mass is 271 g/mol. The summed E-state index contributed by atoms with van der Waals surface area (Å²) in [7, 11) is 1.65. The van der Waals surface area contributed by atoms with Gasteiger partial charge in [-0.3, -0.25) is 0 Å². The molecule has 1 aromatic rings. The zero-order chi connectivity index (χ0) is 13.8. The summed E-state index contributed by atoms with van der Waals surface area (Å²) in [6.07, 6.45) is 3.08. The van der Waals surface area contributed by atoms with E-state index in [1.165, 1.54) is 0 Å². The molecule has 1 aliphatic heterocycles. The summed E-state index contributed by atoms with van der Waals surface area (Å²) in [6, 6.07) is 2.33. The number of likely N-dealkylation sites (N-methyl/N-ethyl adjacent to an activating group) is 1. The number of aliphatic hydroxyl groups excluding tert-OH is 1. The number of aliphatic hydroxyl groups is 1. The minimum absolute atomic E-state index is 0.0232. The minimum Gasteiger partial charge on any atom is -0.392 e. The largest absolute Gasteiger partial charge is 0.392 e. The molecule has 0 saturated carbocycles. The number of hydrogen-bond acceptors (Lipinski definition) is 3. The molecule has 106 valence electrons. The molecule has 1 unspecified atom stereocenters. The van der Waals surface area contributed by atoms with E-state index in [2.05, 4.69) is 0 Å². The normalized spacial score (nSPS) is 19.5. The van der Waals surface area contributed by atoms with Gasteiger partial charge in [0.15, 0.2) is 0 Å². The van der Waals surface area contributed by atoms with Gasteiger partial charge >= 0.3 is 0 Å². The summed E-state index contributed by atoms with van der Waals surface area (Å²) >= 11 is 0. The summed E-state index contributed by atoms with van der Waals surface area (Å²) in [5.74, 6) is -1.30. The molecule has 0 aromatic heterocycles. The van der Waals surface area contributed by atoms with Crippen molar-refractivity contribution in [1.82, 2.24) is 0 Å². The van der Waals surface area contributed by atoms with Crippen molar-refractivity contribution in [1.29, 1.82) is 0 Å². The van der Waals surface area contributed by atoms with Gasteiger partial charge in [-0.15, -0.1) is 0 Å². The lowest BCUT2D eigenvalue weighted by atomic mass is 10.1. The van der Waals surface area contributed by atoms with Gasteiger partial charge in [0.25, 0.3) is 0 Å². The first-order chi connectivity index (χ1) is 9.11.